The van der Waals surface area contributed by atoms with Crippen molar-refractivity contribution in [2.75, 3.05) is 24.3 Å². The number of aliphatic carboxylic acids is 1. The molecule has 2 atom stereocenters. The zero-order valence-electron chi connectivity index (χ0n) is 20.5. The molecular formula is C23H16F3N5O6S4. The molecule has 0 bridgehead atoms. The number of carboxylic acid groups (broad SMARTS) is 1. The average molecular weight is 644 g/mol. The number of β-lactam (4-membered cyclic amide) rings is 1. The van der Waals surface area contributed by atoms with E-state index in [-0.39, 0.29) is 48.0 Å². The molecule has 5 rings (SSSR count). The van der Waals surface area contributed by atoms with Crippen LogP contribution < -0.4 is 16.5 Å². The molecular weight excluding hydrogens is 628 g/mol. The van der Waals surface area contributed by atoms with Crippen LogP contribution in [0.25, 0.3) is 10.1 Å². The van der Waals surface area contributed by atoms with Gasteiger partial charge in [-0.2, -0.15) is 0 Å². The maximum absolute atomic E-state index is 14.3. The fourth-order valence-corrected chi connectivity index (χ4v) is 8.35. The summed E-state index contributed by atoms with van der Waals surface area (Å²) in [5, 5.41) is 16.8. The number of nitrogens with one attached hydrogen (secondary N) is 1. The van der Waals surface area contributed by atoms with Crippen LogP contribution in [0.5, 0.6) is 0 Å². The first-order valence-corrected chi connectivity index (χ1v) is 15.0. The Labute approximate surface area is 244 Å². The lowest BCUT2D eigenvalue weighted by molar-refractivity contribution is -0.150. The number of rotatable bonds is 8. The molecule has 18 heteroatoms. The normalized spacial score (nSPS) is 18.8. The van der Waals surface area contributed by atoms with Crippen LogP contribution in [0, 0.1) is 17.5 Å². The van der Waals surface area contributed by atoms with Gasteiger partial charge in [-0.3, -0.25) is 19.3 Å². The Bertz CT molecular complexity index is 1740. The maximum Gasteiger partial charge on any atom is 0.352 e. The predicted octanol–water partition coefficient (Wildman–Crippen LogP) is 2.60. The van der Waals surface area contributed by atoms with Crippen LogP contribution in [0.2, 0.25) is 0 Å². The highest BCUT2D eigenvalue weighted by molar-refractivity contribution is 8.02. The molecule has 41 heavy (non-hydrogen) atoms. The minimum absolute atomic E-state index is 0.00476. The topological polar surface area (TPSA) is 164 Å². The third kappa shape index (κ3) is 5.27. The number of amides is 2. The van der Waals surface area contributed by atoms with Gasteiger partial charge in [-0.15, -0.1) is 46.2 Å². The van der Waals surface area contributed by atoms with E-state index < -0.39 is 52.1 Å². The number of hydrogen-bond donors (Lipinski definition) is 3. The standard InChI is InChI=1S/C23H16F3N5O6S4/c1-37-30-15(10-6-40-23(27)28-10)19(33)29-16-20(34)31-17(22(35)36)7(5-39-21(16)31)4-38-12-3-11(32)8-2-9(24)13(25)14(26)18(8)41-12/h2-3,6,16,21H,4-5H2,1H3,(H2,27,28)(H,29,33)(H,35,36)/b30-15+/t16-,21-/m1/s1. The second-order valence-corrected chi connectivity index (χ2v) is 12.7. The molecule has 0 unspecified atom stereocenters. The fourth-order valence-electron chi connectivity index (χ4n) is 4.10. The second kappa shape index (κ2) is 11.3. The zero-order valence-corrected chi connectivity index (χ0v) is 23.7. The number of carbonyl (C=O) groups is 3. The summed E-state index contributed by atoms with van der Waals surface area (Å²) >= 11 is 4.00. The van der Waals surface area contributed by atoms with E-state index in [9.17, 15) is 37.5 Å². The summed E-state index contributed by atoms with van der Waals surface area (Å²) in [7, 11) is 1.23. The molecule has 2 aromatic heterocycles. The first-order chi connectivity index (χ1) is 19.5. The number of nitrogens with zero attached hydrogens (tertiary/aromatic N) is 3. The number of thiazole rings is 1. The molecule has 0 saturated carbocycles. The molecule has 11 nitrogen and oxygen atoms in total. The van der Waals surface area contributed by atoms with E-state index in [1.54, 1.807) is 0 Å². The monoisotopic (exact) mass is 643 g/mol. The van der Waals surface area contributed by atoms with Gasteiger partial charge in [-0.25, -0.2) is 22.9 Å². The number of benzene rings is 1. The van der Waals surface area contributed by atoms with Gasteiger partial charge in [0.15, 0.2) is 33.7 Å². The Morgan fingerprint density at radius 3 is 2.71 bits per heavy atom. The van der Waals surface area contributed by atoms with Gasteiger partial charge in [0, 0.05) is 28.3 Å². The van der Waals surface area contributed by atoms with Crippen LogP contribution in [0.1, 0.15) is 5.69 Å². The van der Waals surface area contributed by atoms with E-state index in [1.165, 1.54) is 24.3 Å². The summed E-state index contributed by atoms with van der Waals surface area (Å²) in [6, 6.07) is 0.701. The van der Waals surface area contributed by atoms with E-state index in [1.807, 2.05) is 0 Å². The number of aromatic nitrogens is 1. The highest BCUT2D eigenvalue weighted by atomic mass is 32.2. The second-order valence-electron chi connectivity index (χ2n) is 8.39. The molecule has 2 aliphatic rings. The number of hydrogen-bond acceptors (Lipinski definition) is 12. The van der Waals surface area contributed by atoms with Crippen molar-refractivity contribution in [1.29, 1.82) is 0 Å². The lowest BCUT2D eigenvalue weighted by Crippen LogP contribution is -2.71. The first-order valence-electron chi connectivity index (χ1n) is 11.3. The van der Waals surface area contributed by atoms with Crippen molar-refractivity contribution in [3.63, 3.8) is 0 Å². The van der Waals surface area contributed by atoms with Crippen LogP contribution in [0.15, 0.2) is 42.9 Å². The van der Waals surface area contributed by atoms with Gasteiger partial charge >= 0.3 is 5.97 Å². The van der Waals surface area contributed by atoms with Crippen molar-refractivity contribution < 1.29 is 37.5 Å². The summed E-state index contributed by atoms with van der Waals surface area (Å²) in [5.41, 5.74) is 4.89. The van der Waals surface area contributed by atoms with Crippen molar-refractivity contribution in [2.24, 2.45) is 5.16 Å². The molecule has 214 valence electrons. The Balaban J connectivity index is 1.35. The molecule has 4 heterocycles. The van der Waals surface area contributed by atoms with Gasteiger partial charge in [0.25, 0.3) is 11.8 Å². The van der Waals surface area contributed by atoms with Gasteiger partial charge in [-0.05, 0) is 11.6 Å². The lowest BCUT2D eigenvalue weighted by atomic mass is 10.0. The summed E-state index contributed by atoms with van der Waals surface area (Å²) in [6.07, 6.45) is 0. The van der Waals surface area contributed by atoms with Gasteiger partial charge in [0.1, 0.15) is 29.9 Å². The summed E-state index contributed by atoms with van der Waals surface area (Å²) in [4.78, 5) is 60.3. The Morgan fingerprint density at radius 2 is 2.05 bits per heavy atom. The number of nitrogens with two attached hydrogens (primary N) is 1. The number of anilines is 1. The Hall–Kier alpha value is -3.61. The van der Waals surface area contributed by atoms with Crippen LogP contribution >= 0.6 is 46.2 Å². The molecule has 2 aliphatic heterocycles. The molecule has 0 radical (unpaired) electrons. The van der Waals surface area contributed by atoms with Crippen LogP contribution in [0.4, 0.5) is 18.3 Å². The van der Waals surface area contributed by atoms with Gasteiger partial charge in [0.2, 0.25) is 0 Å². The first kappa shape index (κ1) is 28.9. The van der Waals surface area contributed by atoms with Crippen molar-refractivity contribution >= 4 is 84.9 Å². The summed E-state index contributed by atoms with van der Waals surface area (Å²) in [6.45, 7) is 0. The minimum atomic E-state index is -1.70. The SMILES string of the molecule is CO/N=C(/C(=O)N[C@@H]1C(=O)N2C(C(=O)O)=C(CSc3cc(=O)c4cc(F)c(F)c(F)c4s3)CS[C@H]12)c1csc(N)n1. The number of carboxylic acids is 1. The van der Waals surface area contributed by atoms with Crippen molar-refractivity contribution in [3.05, 3.63) is 62.2 Å². The lowest BCUT2D eigenvalue weighted by Gasteiger charge is -2.49. The Kier molecular flexibility index (Phi) is 8.00. The maximum atomic E-state index is 14.3. The van der Waals surface area contributed by atoms with Gasteiger partial charge < -0.3 is 21.0 Å². The average Bonchev–Trinajstić information content (AvgIpc) is 3.37. The largest absolute Gasteiger partial charge is 0.477 e. The van der Waals surface area contributed by atoms with E-state index in [0.29, 0.717) is 11.6 Å². The van der Waals surface area contributed by atoms with Crippen LogP contribution in [-0.4, -0.2) is 68.5 Å². The predicted molar refractivity (Wildman–Crippen MR) is 148 cm³/mol. The highest BCUT2D eigenvalue weighted by Crippen LogP contribution is 2.42. The highest BCUT2D eigenvalue weighted by Gasteiger charge is 2.54. The molecule has 0 spiro atoms. The molecule has 0 aliphatic carbocycles. The van der Waals surface area contributed by atoms with Crippen LogP contribution in [-0.2, 0) is 19.2 Å². The van der Waals surface area contributed by atoms with Gasteiger partial charge in [0.05, 0.1) is 8.91 Å². The molecule has 1 aromatic carbocycles. The summed E-state index contributed by atoms with van der Waals surface area (Å²) in [5.74, 6) is -7.31. The number of thioether (sulfide) groups is 2. The number of halogens is 3. The van der Waals surface area contributed by atoms with Gasteiger partial charge in [-0.1, -0.05) is 5.16 Å². The molecule has 3 aromatic rings. The number of carbonyl (C=O) groups excluding carboxylic acids is 2. The number of nitrogen functional groups attached to an aromatic ring is 1. The summed E-state index contributed by atoms with van der Waals surface area (Å²) < 4.78 is 41.5. The Morgan fingerprint density at radius 1 is 1.29 bits per heavy atom. The molecule has 2 amide bonds. The fraction of sp³-hybridized carbons (Fsp3) is 0.217. The van der Waals surface area contributed by atoms with Crippen molar-refractivity contribution in [2.45, 2.75) is 15.6 Å². The smallest absolute Gasteiger partial charge is 0.352 e. The molecule has 1 saturated heterocycles. The van der Waals surface area contributed by atoms with E-state index in [4.69, 9.17) is 10.6 Å². The third-order valence-corrected chi connectivity index (χ3v) is 10.4. The van der Waals surface area contributed by atoms with E-state index in [0.717, 1.165) is 45.4 Å². The third-order valence-electron chi connectivity index (χ3n) is 5.92. The number of oxime groups is 1. The quantitative estimate of drug-likeness (QED) is 0.109. The molecule has 1 fully saturated rings. The zero-order chi connectivity index (χ0) is 29.6. The van der Waals surface area contributed by atoms with Crippen molar-refractivity contribution in [1.82, 2.24) is 15.2 Å². The van der Waals surface area contributed by atoms with E-state index in [2.05, 4.69) is 15.5 Å². The van der Waals surface area contributed by atoms with Crippen LogP contribution in [0.3, 0.4) is 0 Å². The van der Waals surface area contributed by atoms with Crippen molar-refractivity contribution in [3.8, 4) is 0 Å². The van der Waals surface area contributed by atoms with E-state index >= 15 is 0 Å². The number of fused-ring (bicyclic) bond motifs is 2. The molecule has 4 N–H and O–H groups in total. The minimum Gasteiger partial charge on any atom is -0.477 e.